The van der Waals surface area contributed by atoms with Gasteiger partial charge in [0.15, 0.2) is 0 Å². The number of likely N-dealkylation sites (tertiary alicyclic amines) is 1. The second-order valence-corrected chi connectivity index (χ2v) is 14.6. The first kappa shape index (κ1) is 26.6. The molecule has 1 aromatic carbocycles. The van der Waals surface area contributed by atoms with E-state index in [1.54, 1.807) is 22.9 Å². The molecule has 216 valence electrons. The van der Waals surface area contributed by atoms with Crippen LogP contribution in [0, 0.1) is 5.41 Å². The van der Waals surface area contributed by atoms with Gasteiger partial charge >= 0.3 is 0 Å². The van der Waals surface area contributed by atoms with Crippen molar-refractivity contribution in [2.45, 2.75) is 63.1 Å². The normalized spacial score (nSPS) is 24.0. The van der Waals surface area contributed by atoms with Crippen molar-refractivity contribution in [3.63, 3.8) is 0 Å². The maximum absolute atomic E-state index is 13.7. The Morgan fingerprint density at radius 3 is 2.71 bits per heavy atom. The van der Waals surface area contributed by atoms with Crippen molar-refractivity contribution in [1.29, 1.82) is 0 Å². The molecular formula is C30H37N7O3S. The van der Waals surface area contributed by atoms with E-state index in [-0.39, 0.29) is 28.2 Å². The third-order valence-electron chi connectivity index (χ3n) is 9.31. The number of hydrogen-bond donors (Lipinski definition) is 1. The molecule has 4 aliphatic rings. The predicted octanol–water partition coefficient (Wildman–Crippen LogP) is 3.11. The molecule has 0 saturated carbocycles. The fourth-order valence-electron chi connectivity index (χ4n) is 6.96. The summed E-state index contributed by atoms with van der Waals surface area (Å²) in [6, 6.07) is 7.90. The van der Waals surface area contributed by atoms with E-state index < -0.39 is 10.0 Å². The fraction of sp³-hybridized carbons (Fsp3) is 0.500. The second-order valence-electron chi connectivity index (χ2n) is 12.7. The number of nitrogens with two attached hydrogens (primary N) is 1. The van der Waals surface area contributed by atoms with E-state index >= 15 is 0 Å². The number of piperazine rings is 1. The zero-order valence-corrected chi connectivity index (χ0v) is 24.7. The maximum atomic E-state index is 13.7. The summed E-state index contributed by atoms with van der Waals surface area (Å²) in [5.41, 5.74) is 11.4. The van der Waals surface area contributed by atoms with Crippen molar-refractivity contribution in [2.24, 2.45) is 5.41 Å². The number of rotatable bonds is 4. The Hall–Kier alpha value is -3.28. The van der Waals surface area contributed by atoms with Crippen molar-refractivity contribution < 1.29 is 13.2 Å². The number of hydrogen-bond acceptors (Lipinski definition) is 9. The number of likely N-dealkylation sites (N-methyl/N-ethyl adjacent to an activating group) is 1. The molecule has 2 atom stereocenters. The van der Waals surface area contributed by atoms with Crippen molar-refractivity contribution in [1.82, 2.24) is 24.2 Å². The lowest BCUT2D eigenvalue weighted by molar-refractivity contribution is 0.216. The van der Waals surface area contributed by atoms with Gasteiger partial charge < -0.3 is 20.3 Å². The third-order valence-corrected chi connectivity index (χ3v) is 11.3. The van der Waals surface area contributed by atoms with Gasteiger partial charge in [-0.3, -0.25) is 0 Å². The first-order chi connectivity index (χ1) is 19.6. The molecule has 0 spiro atoms. The average molecular weight is 576 g/mol. The van der Waals surface area contributed by atoms with Gasteiger partial charge in [0.2, 0.25) is 10.0 Å². The molecule has 7 rings (SSSR count). The molecule has 3 aromatic rings. The summed E-state index contributed by atoms with van der Waals surface area (Å²) in [4.78, 5) is 18.3. The Kier molecular flexibility index (Phi) is 6.26. The van der Waals surface area contributed by atoms with Gasteiger partial charge in [0.05, 0.1) is 6.54 Å². The number of sulfonamides is 1. The lowest BCUT2D eigenvalue weighted by Gasteiger charge is -2.33. The number of benzene rings is 1. The third kappa shape index (κ3) is 4.64. The molecule has 0 radical (unpaired) electrons. The van der Waals surface area contributed by atoms with Crippen molar-refractivity contribution in [2.75, 3.05) is 43.9 Å². The van der Waals surface area contributed by atoms with E-state index in [0.29, 0.717) is 31.8 Å². The van der Waals surface area contributed by atoms with Crippen LogP contribution in [0.2, 0.25) is 0 Å². The van der Waals surface area contributed by atoms with Crippen molar-refractivity contribution in [3.8, 4) is 16.9 Å². The fourth-order valence-corrected chi connectivity index (χ4v) is 8.71. The van der Waals surface area contributed by atoms with Crippen LogP contribution in [0.3, 0.4) is 0 Å². The van der Waals surface area contributed by atoms with E-state index in [9.17, 15) is 8.42 Å². The van der Waals surface area contributed by atoms with Crippen molar-refractivity contribution in [3.05, 3.63) is 53.6 Å². The first-order valence-corrected chi connectivity index (χ1v) is 15.8. The Labute approximate surface area is 241 Å². The zero-order valence-electron chi connectivity index (χ0n) is 23.9. The van der Waals surface area contributed by atoms with Crippen molar-refractivity contribution >= 4 is 21.7 Å². The highest BCUT2D eigenvalue weighted by Crippen LogP contribution is 2.40. The molecule has 2 N–H and O–H groups in total. The van der Waals surface area contributed by atoms with Crippen LogP contribution in [-0.4, -0.2) is 77.9 Å². The van der Waals surface area contributed by atoms with E-state index in [0.717, 1.165) is 60.6 Å². The molecule has 11 heteroatoms. The Morgan fingerprint density at radius 1 is 1.07 bits per heavy atom. The molecule has 2 bridgehead atoms. The molecule has 5 heterocycles. The van der Waals surface area contributed by atoms with Crippen LogP contribution in [0.25, 0.3) is 11.1 Å². The summed E-state index contributed by atoms with van der Waals surface area (Å²) in [5, 5.41) is 0. The molecular weight excluding hydrogens is 538 g/mol. The molecule has 1 aliphatic carbocycles. The number of ether oxygens (including phenoxy) is 1. The van der Waals surface area contributed by atoms with Gasteiger partial charge in [-0.25, -0.2) is 23.4 Å². The minimum Gasteiger partial charge on any atom is -0.491 e. The molecule has 2 fully saturated rings. The van der Waals surface area contributed by atoms with Gasteiger partial charge in [-0.1, -0.05) is 19.9 Å². The van der Waals surface area contributed by atoms with E-state index in [2.05, 4.69) is 46.7 Å². The number of aromatic nitrogens is 3. The lowest BCUT2D eigenvalue weighted by Crippen LogP contribution is -2.47. The van der Waals surface area contributed by atoms with Gasteiger partial charge in [-0.2, -0.15) is 4.31 Å². The van der Waals surface area contributed by atoms with Gasteiger partial charge in [-0.15, -0.1) is 0 Å². The topological polar surface area (TPSA) is 118 Å². The number of anilines is 2. The summed E-state index contributed by atoms with van der Waals surface area (Å²) < 4.78 is 35.2. The quantitative estimate of drug-likeness (QED) is 0.501. The van der Waals surface area contributed by atoms with Crippen LogP contribution in [0.4, 0.5) is 11.6 Å². The molecule has 2 aromatic heterocycles. The second kappa shape index (κ2) is 9.64. The summed E-state index contributed by atoms with van der Waals surface area (Å²) >= 11 is 0. The molecule has 10 nitrogen and oxygen atoms in total. The number of pyridine rings is 1. The number of fused-ring (bicyclic) bond motifs is 4. The summed E-state index contributed by atoms with van der Waals surface area (Å²) in [7, 11) is -1.72. The first-order valence-electron chi connectivity index (χ1n) is 14.4. The highest BCUT2D eigenvalue weighted by Gasteiger charge is 2.47. The smallest absolute Gasteiger partial charge is 0.247 e. The average Bonchev–Trinajstić information content (AvgIpc) is 3.45. The Morgan fingerprint density at radius 2 is 1.93 bits per heavy atom. The molecule has 0 amide bonds. The van der Waals surface area contributed by atoms with Crippen LogP contribution < -0.4 is 15.4 Å². The van der Waals surface area contributed by atoms with Gasteiger partial charge in [0, 0.05) is 60.3 Å². The Balaban J connectivity index is 1.20. The van der Waals surface area contributed by atoms with Crippen LogP contribution in [0.1, 0.15) is 43.5 Å². The highest BCUT2D eigenvalue weighted by atomic mass is 32.2. The van der Waals surface area contributed by atoms with Crippen LogP contribution in [-0.2, 0) is 29.4 Å². The van der Waals surface area contributed by atoms with Crippen LogP contribution in [0.5, 0.6) is 5.75 Å². The van der Waals surface area contributed by atoms with E-state index in [1.165, 1.54) is 5.56 Å². The van der Waals surface area contributed by atoms with Crippen LogP contribution >= 0.6 is 0 Å². The minimum atomic E-state index is -3.77. The minimum absolute atomic E-state index is 0.0215. The van der Waals surface area contributed by atoms with Gasteiger partial charge in [0.25, 0.3) is 0 Å². The Bertz CT molecular complexity index is 1620. The predicted molar refractivity (Wildman–Crippen MR) is 157 cm³/mol. The number of aryl methyl sites for hydroxylation is 1. The SMILES string of the molecule is CN1C[C@@H]2CC1CN2S(=O)(=O)c1cc(-c2ccc3c(c2)CN(c2ncnc4c2CC(C)(C)CC4)CCO3)cnc1N. The van der Waals surface area contributed by atoms with E-state index in [1.807, 2.05) is 12.1 Å². The maximum Gasteiger partial charge on any atom is 0.247 e. The zero-order chi connectivity index (χ0) is 28.5. The standard InChI is InChI=1S/C30H37N7O3S/c1-30(2)7-6-25-24(13-30)29(34-18-33-25)36-8-9-40-26-5-4-19(10-21(26)15-36)20-11-27(28(31)32-14-20)41(38,39)37-17-22-12-23(37)16-35(22)3/h4-5,10-11,14,18,22-23H,6-9,12-13,15-17H2,1-3H3,(H2,31,32)/t22?,23-/m0/s1. The highest BCUT2D eigenvalue weighted by molar-refractivity contribution is 7.89. The number of nitrogens with zero attached hydrogens (tertiary/aromatic N) is 6. The lowest BCUT2D eigenvalue weighted by atomic mass is 9.76. The van der Waals surface area contributed by atoms with Crippen LogP contribution in [0.15, 0.2) is 41.7 Å². The largest absolute Gasteiger partial charge is 0.491 e. The van der Waals surface area contributed by atoms with E-state index in [4.69, 9.17) is 15.5 Å². The summed E-state index contributed by atoms with van der Waals surface area (Å²) in [6.45, 7) is 7.74. The summed E-state index contributed by atoms with van der Waals surface area (Å²) in [6.07, 6.45) is 7.23. The molecule has 2 saturated heterocycles. The molecule has 41 heavy (non-hydrogen) atoms. The molecule has 1 unspecified atom stereocenters. The number of nitrogen functional groups attached to an aromatic ring is 1. The molecule has 3 aliphatic heterocycles. The summed E-state index contributed by atoms with van der Waals surface area (Å²) in [5.74, 6) is 1.84. The van der Waals surface area contributed by atoms with Gasteiger partial charge in [0.1, 0.15) is 35.2 Å². The van der Waals surface area contributed by atoms with Gasteiger partial charge in [-0.05, 0) is 61.9 Å². The monoisotopic (exact) mass is 575 g/mol.